The van der Waals surface area contributed by atoms with Crippen LogP contribution in [0, 0.1) is 13.8 Å². The lowest BCUT2D eigenvalue weighted by atomic mass is 10.2. The van der Waals surface area contributed by atoms with Crippen molar-refractivity contribution in [3.63, 3.8) is 0 Å². The summed E-state index contributed by atoms with van der Waals surface area (Å²) in [5.41, 5.74) is 4.14. The van der Waals surface area contributed by atoms with Gasteiger partial charge in [-0.05, 0) is 25.5 Å². The average Bonchev–Trinajstić information content (AvgIpc) is 2.68. The summed E-state index contributed by atoms with van der Waals surface area (Å²) in [6, 6.07) is 1.93. The molecule has 0 fully saturated rings. The van der Waals surface area contributed by atoms with Crippen LogP contribution in [-0.4, -0.2) is 21.8 Å². The second-order valence-corrected chi connectivity index (χ2v) is 3.89. The summed E-state index contributed by atoms with van der Waals surface area (Å²) in [6.07, 6.45) is 5.57. The Morgan fingerprint density at radius 3 is 2.71 bits per heavy atom. The van der Waals surface area contributed by atoms with Gasteiger partial charge < -0.3 is 5.32 Å². The Bertz CT molecular complexity index is 535. The van der Waals surface area contributed by atoms with Gasteiger partial charge in [0.05, 0.1) is 11.4 Å². The van der Waals surface area contributed by atoms with Crippen LogP contribution in [0.2, 0.25) is 0 Å². The van der Waals surface area contributed by atoms with Crippen LogP contribution in [0.15, 0.2) is 25.0 Å². The van der Waals surface area contributed by atoms with E-state index in [9.17, 15) is 0 Å². The summed E-state index contributed by atoms with van der Waals surface area (Å²) >= 11 is 0. The van der Waals surface area contributed by atoms with Crippen molar-refractivity contribution in [2.45, 2.75) is 13.8 Å². The van der Waals surface area contributed by atoms with Crippen molar-refractivity contribution >= 4 is 11.9 Å². The molecule has 0 amide bonds. The number of hydrogen-bond acceptors (Lipinski definition) is 3. The predicted molar refractivity (Wildman–Crippen MR) is 70.5 cm³/mol. The van der Waals surface area contributed by atoms with E-state index in [0.29, 0.717) is 0 Å². The molecule has 2 aromatic rings. The zero-order chi connectivity index (χ0) is 12.4. The van der Waals surface area contributed by atoms with Crippen molar-refractivity contribution in [1.29, 1.82) is 0 Å². The molecule has 2 heterocycles. The highest BCUT2D eigenvalue weighted by molar-refractivity contribution is 5.70. The highest BCUT2D eigenvalue weighted by Crippen LogP contribution is 2.22. The van der Waals surface area contributed by atoms with Crippen molar-refractivity contribution in [2.24, 2.45) is 0 Å². The summed E-state index contributed by atoms with van der Waals surface area (Å²) in [5, 5.41) is 7.53. The number of pyridine rings is 1. The minimum Gasteiger partial charge on any atom is -0.373 e. The van der Waals surface area contributed by atoms with E-state index in [-0.39, 0.29) is 0 Å². The summed E-state index contributed by atoms with van der Waals surface area (Å²) in [5.74, 6) is 0.809. The highest BCUT2D eigenvalue weighted by Gasteiger charge is 2.09. The molecule has 1 N–H and O–H groups in total. The van der Waals surface area contributed by atoms with Gasteiger partial charge in [-0.2, -0.15) is 5.10 Å². The Labute approximate surface area is 101 Å². The molecule has 0 saturated heterocycles. The summed E-state index contributed by atoms with van der Waals surface area (Å²) in [4.78, 5) is 4.26. The van der Waals surface area contributed by atoms with Crippen LogP contribution in [0.1, 0.15) is 16.8 Å². The van der Waals surface area contributed by atoms with E-state index in [1.54, 1.807) is 12.3 Å². The molecular weight excluding hydrogens is 212 g/mol. The van der Waals surface area contributed by atoms with Gasteiger partial charge in [-0.25, -0.2) is 9.67 Å². The number of hydrogen-bond donors (Lipinski definition) is 1. The minimum absolute atomic E-state index is 0.809. The van der Waals surface area contributed by atoms with E-state index in [0.717, 1.165) is 22.8 Å². The van der Waals surface area contributed by atoms with Gasteiger partial charge in [-0.1, -0.05) is 12.7 Å². The Morgan fingerprint density at radius 1 is 1.41 bits per heavy atom. The van der Waals surface area contributed by atoms with E-state index < -0.39 is 0 Å². The first-order valence-electron chi connectivity index (χ1n) is 5.49. The predicted octanol–water partition coefficient (Wildman–Crippen LogP) is 2.57. The monoisotopic (exact) mass is 228 g/mol. The number of nitrogens with one attached hydrogen (secondary N) is 1. The standard InChI is InChI=1S/C13H16N4/c1-5-11-12(6-7-15-13(11)14-4)17-8-9(2)10(3)16-17/h5-8H,1H2,2-4H3,(H,14,15). The Morgan fingerprint density at radius 2 is 2.18 bits per heavy atom. The first kappa shape index (κ1) is 11.4. The van der Waals surface area contributed by atoms with Crippen LogP contribution in [0.3, 0.4) is 0 Å². The highest BCUT2D eigenvalue weighted by atomic mass is 15.3. The van der Waals surface area contributed by atoms with Gasteiger partial charge in [0.15, 0.2) is 0 Å². The Balaban J connectivity index is 2.62. The molecule has 17 heavy (non-hydrogen) atoms. The summed E-state index contributed by atoms with van der Waals surface area (Å²) < 4.78 is 1.87. The molecule has 4 heteroatoms. The van der Waals surface area contributed by atoms with E-state index in [2.05, 4.69) is 22.0 Å². The first-order chi connectivity index (χ1) is 8.17. The minimum atomic E-state index is 0.809. The third-order valence-electron chi connectivity index (χ3n) is 2.80. The van der Waals surface area contributed by atoms with Crippen molar-refractivity contribution in [1.82, 2.24) is 14.8 Å². The molecule has 2 aromatic heterocycles. The molecule has 0 saturated carbocycles. The fourth-order valence-corrected chi connectivity index (χ4v) is 1.73. The lowest BCUT2D eigenvalue weighted by Crippen LogP contribution is -2.03. The molecule has 0 atom stereocenters. The SMILES string of the molecule is C=Cc1c(-n2cc(C)c(C)n2)ccnc1NC. The molecule has 0 bridgehead atoms. The third kappa shape index (κ3) is 1.93. The molecule has 88 valence electrons. The maximum Gasteiger partial charge on any atom is 0.135 e. The second kappa shape index (κ2) is 4.41. The van der Waals surface area contributed by atoms with Crippen LogP contribution in [0.4, 0.5) is 5.82 Å². The molecule has 0 radical (unpaired) electrons. The van der Waals surface area contributed by atoms with Crippen LogP contribution >= 0.6 is 0 Å². The lowest BCUT2D eigenvalue weighted by molar-refractivity contribution is 0.858. The van der Waals surface area contributed by atoms with Gasteiger partial charge >= 0.3 is 0 Å². The van der Waals surface area contributed by atoms with Crippen molar-refractivity contribution in [3.8, 4) is 5.69 Å². The van der Waals surface area contributed by atoms with Crippen molar-refractivity contribution < 1.29 is 0 Å². The molecule has 0 aliphatic carbocycles. The van der Waals surface area contributed by atoms with E-state index >= 15 is 0 Å². The topological polar surface area (TPSA) is 42.7 Å². The molecule has 0 aliphatic heterocycles. The van der Waals surface area contributed by atoms with E-state index in [4.69, 9.17) is 0 Å². The van der Waals surface area contributed by atoms with Crippen molar-refractivity contribution in [2.75, 3.05) is 12.4 Å². The van der Waals surface area contributed by atoms with Gasteiger partial charge in [0, 0.05) is 25.0 Å². The number of rotatable bonds is 3. The second-order valence-electron chi connectivity index (χ2n) is 3.89. The van der Waals surface area contributed by atoms with E-state index in [1.165, 1.54) is 5.56 Å². The van der Waals surface area contributed by atoms with Crippen LogP contribution in [-0.2, 0) is 0 Å². The fraction of sp³-hybridized carbons (Fsp3) is 0.231. The third-order valence-corrected chi connectivity index (χ3v) is 2.80. The maximum absolute atomic E-state index is 4.48. The molecule has 0 aliphatic rings. The van der Waals surface area contributed by atoms with Crippen molar-refractivity contribution in [3.05, 3.63) is 41.9 Å². The number of aromatic nitrogens is 3. The lowest BCUT2D eigenvalue weighted by Gasteiger charge is -2.10. The largest absolute Gasteiger partial charge is 0.373 e. The molecular formula is C13H16N4. The normalized spacial score (nSPS) is 10.3. The fourth-order valence-electron chi connectivity index (χ4n) is 1.73. The zero-order valence-corrected chi connectivity index (χ0v) is 10.4. The van der Waals surface area contributed by atoms with Crippen LogP contribution in [0.5, 0.6) is 0 Å². The van der Waals surface area contributed by atoms with Gasteiger partial charge in [0.2, 0.25) is 0 Å². The number of nitrogens with zero attached hydrogens (tertiary/aromatic N) is 3. The first-order valence-corrected chi connectivity index (χ1v) is 5.49. The summed E-state index contributed by atoms with van der Waals surface area (Å²) in [7, 11) is 1.85. The quantitative estimate of drug-likeness (QED) is 0.878. The molecule has 0 aromatic carbocycles. The van der Waals surface area contributed by atoms with Crippen LogP contribution < -0.4 is 5.32 Å². The molecule has 0 spiro atoms. The Kier molecular flexibility index (Phi) is 2.95. The molecule has 0 unspecified atom stereocenters. The van der Waals surface area contributed by atoms with Gasteiger partial charge in [0.25, 0.3) is 0 Å². The zero-order valence-electron chi connectivity index (χ0n) is 10.4. The molecule has 4 nitrogen and oxygen atoms in total. The molecule has 2 rings (SSSR count). The maximum atomic E-state index is 4.48. The summed E-state index contributed by atoms with van der Waals surface area (Å²) in [6.45, 7) is 7.88. The average molecular weight is 228 g/mol. The van der Waals surface area contributed by atoms with Gasteiger partial charge in [0.1, 0.15) is 5.82 Å². The smallest absolute Gasteiger partial charge is 0.135 e. The van der Waals surface area contributed by atoms with Gasteiger partial charge in [-0.15, -0.1) is 0 Å². The van der Waals surface area contributed by atoms with E-state index in [1.807, 2.05) is 37.8 Å². The van der Waals surface area contributed by atoms with Crippen LogP contribution in [0.25, 0.3) is 11.8 Å². The number of aryl methyl sites for hydroxylation is 2. The number of anilines is 1. The van der Waals surface area contributed by atoms with Gasteiger partial charge in [-0.3, -0.25) is 0 Å². The Hall–Kier alpha value is -2.10.